The van der Waals surface area contributed by atoms with Crippen LogP contribution < -0.4 is 14.8 Å². The van der Waals surface area contributed by atoms with Gasteiger partial charge in [-0.15, -0.1) is 11.3 Å². The maximum Gasteiger partial charge on any atom is 0.340 e. The molecule has 0 fully saturated rings. The van der Waals surface area contributed by atoms with E-state index in [9.17, 15) is 14.0 Å². The fourth-order valence-corrected chi connectivity index (χ4v) is 4.03. The highest BCUT2D eigenvalue weighted by molar-refractivity contribution is 7.21. The molecule has 146 valence electrons. The second-order valence-electron chi connectivity index (χ2n) is 5.87. The minimum Gasteiger partial charge on any atom is -0.493 e. The number of anilines is 1. The first-order valence-corrected chi connectivity index (χ1v) is 9.06. The van der Waals surface area contributed by atoms with Crippen LogP contribution in [-0.4, -0.2) is 33.2 Å². The lowest BCUT2D eigenvalue weighted by atomic mass is 10.1. The number of hydrogen-bond acceptors (Lipinski definition) is 6. The summed E-state index contributed by atoms with van der Waals surface area (Å²) in [6.07, 6.45) is 0. The molecule has 6 nitrogen and oxygen atoms in total. The molecule has 0 aliphatic carbocycles. The van der Waals surface area contributed by atoms with Gasteiger partial charge >= 0.3 is 5.97 Å². The van der Waals surface area contributed by atoms with Gasteiger partial charge in [0, 0.05) is 22.2 Å². The maximum absolute atomic E-state index is 14.1. The number of halogens is 1. The molecule has 0 unspecified atom stereocenters. The van der Waals surface area contributed by atoms with Crippen molar-refractivity contribution in [3.8, 4) is 11.5 Å². The molecule has 0 radical (unpaired) electrons. The van der Waals surface area contributed by atoms with Crippen molar-refractivity contribution in [3.05, 3.63) is 52.2 Å². The van der Waals surface area contributed by atoms with E-state index < -0.39 is 11.9 Å². The van der Waals surface area contributed by atoms with Crippen molar-refractivity contribution in [1.82, 2.24) is 0 Å². The molecule has 1 N–H and O–H groups in total. The van der Waals surface area contributed by atoms with Crippen molar-refractivity contribution in [2.24, 2.45) is 0 Å². The zero-order valence-electron chi connectivity index (χ0n) is 15.7. The summed E-state index contributed by atoms with van der Waals surface area (Å²) in [6.45, 7) is 1.69. The van der Waals surface area contributed by atoms with E-state index in [0.29, 0.717) is 32.0 Å². The van der Waals surface area contributed by atoms with E-state index in [4.69, 9.17) is 14.2 Å². The fraction of sp³-hybridized carbons (Fsp3) is 0.200. The second kappa shape index (κ2) is 7.85. The summed E-state index contributed by atoms with van der Waals surface area (Å²) in [4.78, 5) is 25.4. The number of thiophene rings is 1. The van der Waals surface area contributed by atoms with Gasteiger partial charge < -0.3 is 19.5 Å². The van der Waals surface area contributed by atoms with E-state index in [2.05, 4.69) is 5.32 Å². The normalized spacial score (nSPS) is 10.6. The lowest BCUT2D eigenvalue weighted by Gasteiger charge is -2.14. The van der Waals surface area contributed by atoms with Crippen molar-refractivity contribution in [1.29, 1.82) is 0 Å². The van der Waals surface area contributed by atoms with Crippen molar-refractivity contribution in [3.63, 3.8) is 0 Å². The molecule has 0 atom stereocenters. The van der Waals surface area contributed by atoms with Gasteiger partial charge in [0.05, 0.1) is 37.5 Å². The number of hydrogen-bond donors (Lipinski definition) is 1. The Morgan fingerprint density at radius 2 is 1.75 bits per heavy atom. The Labute approximate surface area is 164 Å². The minimum atomic E-state index is -0.643. The molecular formula is C20H18FNO5S. The Morgan fingerprint density at radius 3 is 2.36 bits per heavy atom. The number of rotatable bonds is 5. The average molecular weight is 403 g/mol. The van der Waals surface area contributed by atoms with Crippen LogP contribution in [0.5, 0.6) is 11.5 Å². The maximum atomic E-state index is 14.1. The standard InChI is InChI=1S/C20H18FNO5S/c1-10-17-12(21)6-5-7-16(17)28-18(10)19(23)22-13-9-15(26-3)14(25-2)8-11(13)20(24)27-4/h5-9H,1-4H3,(H,22,23). The number of carbonyl (C=O) groups is 2. The molecular weight excluding hydrogens is 385 g/mol. The van der Waals surface area contributed by atoms with Crippen molar-refractivity contribution in [2.75, 3.05) is 26.6 Å². The van der Waals surface area contributed by atoms with Crippen LogP contribution in [-0.2, 0) is 4.74 Å². The van der Waals surface area contributed by atoms with Gasteiger partial charge in [-0.2, -0.15) is 0 Å². The van der Waals surface area contributed by atoms with E-state index in [1.807, 2.05) is 0 Å². The van der Waals surface area contributed by atoms with Crippen molar-refractivity contribution < 1.29 is 28.2 Å². The quantitative estimate of drug-likeness (QED) is 0.639. The summed E-state index contributed by atoms with van der Waals surface area (Å²) >= 11 is 1.18. The number of carbonyl (C=O) groups excluding carboxylic acids is 2. The van der Waals surface area contributed by atoms with E-state index in [1.54, 1.807) is 19.1 Å². The largest absolute Gasteiger partial charge is 0.493 e. The molecule has 2 aromatic carbocycles. The van der Waals surface area contributed by atoms with Crippen LogP contribution in [0.3, 0.4) is 0 Å². The first-order chi connectivity index (χ1) is 13.4. The van der Waals surface area contributed by atoms with Crippen LogP contribution in [0.1, 0.15) is 25.6 Å². The number of nitrogens with one attached hydrogen (secondary N) is 1. The molecule has 0 saturated carbocycles. The molecule has 1 aromatic heterocycles. The summed E-state index contributed by atoms with van der Waals surface area (Å²) in [5, 5.41) is 3.12. The Hall–Kier alpha value is -3.13. The van der Waals surface area contributed by atoms with Gasteiger partial charge in [0.2, 0.25) is 0 Å². The van der Waals surface area contributed by atoms with Crippen LogP contribution in [0.25, 0.3) is 10.1 Å². The third kappa shape index (κ3) is 3.38. The summed E-state index contributed by atoms with van der Waals surface area (Å²) in [5.74, 6) is -0.830. The number of fused-ring (bicyclic) bond motifs is 1. The predicted molar refractivity (Wildman–Crippen MR) is 105 cm³/mol. The highest BCUT2D eigenvalue weighted by Crippen LogP contribution is 2.36. The van der Waals surface area contributed by atoms with Crippen LogP contribution in [0.15, 0.2) is 30.3 Å². The third-order valence-electron chi connectivity index (χ3n) is 4.29. The fourth-order valence-electron chi connectivity index (χ4n) is 2.91. The molecule has 8 heteroatoms. The lowest BCUT2D eigenvalue weighted by Crippen LogP contribution is -2.15. The Morgan fingerprint density at radius 1 is 1.07 bits per heavy atom. The number of methoxy groups -OCH3 is 3. The predicted octanol–water partition coefficient (Wildman–Crippen LogP) is 4.40. The number of aryl methyl sites for hydroxylation is 1. The number of amides is 1. The van der Waals surface area contributed by atoms with Gasteiger partial charge in [-0.3, -0.25) is 4.79 Å². The van der Waals surface area contributed by atoms with Gasteiger partial charge in [-0.05, 0) is 24.6 Å². The summed E-state index contributed by atoms with van der Waals surface area (Å²) < 4.78 is 30.0. The zero-order valence-corrected chi connectivity index (χ0v) is 16.5. The number of esters is 1. The third-order valence-corrected chi connectivity index (χ3v) is 5.54. The van der Waals surface area contributed by atoms with Gasteiger partial charge in [-0.25, -0.2) is 9.18 Å². The minimum absolute atomic E-state index is 0.110. The Bertz CT molecular complexity index is 1080. The average Bonchev–Trinajstić information content (AvgIpc) is 3.04. The van der Waals surface area contributed by atoms with E-state index in [-0.39, 0.29) is 17.1 Å². The van der Waals surface area contributed by atoms with Gasteiger partial charge in [0.25, 0.3) is 5.91 Å². The van der Waals surface area contributed by atoms with Crippen molar-refractivity contribution in [2.45, 2.75) is 6.92 Å². The van der Waals surface area contributed by atoms with E-state index >= 15 is 0 Å². The SMILES string of the molecule is COC(=O)c1cc(OC)c(OC)cc1NC(=O)c1sc2cccc(F)c2c1C. The van der Waals surface area contributed by atoms with Gasteiger partial charge in [0.15, 0.2) is 11.5 Å². The van der Waals surface area contributed by atoms with Crippen LogP contribution in [0.4, 0.5) is 10.1 Å². The molecule has 1 amide bonds. The number of ether oxygens (including phenoxy) is 3. The molecule has 0 bridgehead atoms. The smallest absolute Gasteiger partial charge is 0.340 e. The summed E-state index contributed by atoms with van der Waals surface area (Å²) in [6, 6.07) is 7.61. The zero-order chi connectivity index (χ0) is 20.4. The topological polar surface area (TPSA) is 73.9 Å². The molecule has 0 aliphatic rings. The van der Waals surface area contributed by atoms with E-state index in [1.165, 1.54) is 50.9 Å². The molecule has 3 aromatic rings. The Kier molecular flexibility index (Phi) is 5.51. The van der Waals surface area contributed by atoms with Crippen LogP contribution in [0, 0.1) is 12.7 Å². The van der Waals surface area contributed by atoms with Crippen molar-refractivity contribution >= 4 is 39.0 Å². The highest BCUT2D eigenvalue weighted by atomic mass is 32.1. The summed E-state index contributed by atoms with van der Waals surface area (Å²) in [5.41, 5.74) is 0.848. The highest BCUT2D eigenvalue weighted by Gasteiger charge is 2.22. The van der Waals surface area contributed by atoms with Gasteiger partial charge in [0.1, 0.15) is 5.82 Å². The molecule has 28 heavy (non-hydrogen) atoms. The molecule has 0 aliphatic heterocycles. The molecule has 1 heterocycles. The second-order valence-corrected chi connectivity index (χ2v) is 6.92. The van der Waals surface area contributed by atoms with Crippen LogP contribution >= 0.6 is 11.3 Å². The number of benzene rings is 2. The summed E-state index contributed by atoms with van der Waals surface area (Å²) in [7, 11) is 4.12. The molecule has 3 rings (SSSR count). The first-order valence-electron chi connectivity index (χ1n) is 8.24. The first kappa shape index (κ1) is 19.6. The van der Waals surface area contributed by atoms with Crippen LogP contribution in [0.2, 0.25) is 0 Å². The van der Waals surface area contributed by atoms with Gasteiger partial charge in [-0.1, -0.05) is 6.07 Å². The molecule has 0 spiro atoms. The Balaban J connectivity index is 2.05. The van der Waals surface area contributed by atoms with E-state index in [0.717, 1.165) is 0 Å². The lowest BCUT2D eigenvalue weighted by molar-refractivity contribution is 0.0601. The monoisotopic (exact) mass is 403 g/mol. The molecule has 0 saturated heterocycles.